The highest BCUT2D eigenvalue weighted by Gasteiger charge is 2.22. The van der Waals surface area contributed by atoms with Crippen LogP contribution < -0.4 is 15.6 Å². The fraction of sp³-hybridized carbons (Fsp3) is 0.240. The SMILES string of the molecule is COc1ccc(-c2cc3ncn(CC(=O)NC4CCCc5ccccc54)c(=O)c3s2)cc1. The number of amides is 1. The number of carbonyl (C=O) groups excluding carboxylic acids is 1. The molecule has 32 heavy (non-hydrogen) atoms. The summed E-state index contributed by atoms with van der Waals surface area (Å²) in [6.07, 6.45) is 4.45. The highest BCUT2D eigenvalue weighted by molar-refractivity contribution is 7.22. The first kappa shape index (κ1) is 20.5. The minimum Gasteiger partial charge on any atom is -0.497 e. The van der Waals surface area contributed by atoms with Crippen molar-refractivity contribution in [3.63, 3.8) is 0 Å². The molecule has 4 aromatic rings. The molecule has 5 rings (SSSR count). The fourth-order valence-corrected chi connectivity index (χ4v) is 5.32. The molecule has 0 saturated heterocycles. The first-order valence-corrected chi connectivity index (χ1v) is 11.4. The van der Waals surface area contributed by atoms with Crippen LogP contribution in [0.15, 0.2) is 65.7 Å². The number of aromatic nitrogens is 2. The highest BCUT2D eigenvalue weighted by atomic mass is 32.1. The average Bonchev–Trinajstić information content (AvgIpc) is 3.26. The van der Waals surface area contributed by atoms with Crippen LogP contribution in [0.25, 0.3) is 20.7 Å². The number of thiophene rings is 1. The molecule has 0 spiro atoms. The van der Waals surface area contributed by atoms with Gasteiger partial charge < -0.3 is 10.1 Å². The second kappa shape index (κ2) is 8.59. The number of benzene rings is 2. The Morgan fingerprint density at radius 2 is 2.03 bits per heavy atom. The Morgan fingerprint density at radius 3 is 2.84 bits per heavy atom. The summed E-state index contributed by atoms with van der Waals surface area (Å²) in [7, 11) is 1.63. The molecule has 2 heterocycles. The Morgan fingerprint density at radius 1 is 1.22 bits per heavy atom. The predicted octanol–water partition coefficient (Wildman–Crippen LogP) is 4.33. The number of methoxy groups -OCH3 is 1. The van der Waals surface area contributed by atoms with Crippen LogP contribution in [0.5, 0.6) is 5.75 Å². The van der Waals surface area contributed by atoms with E-state index in [1.807, 2.05) is 42.5 Å². The van der Waals surface area contributed by atoms with Crippen LogP contribution in [0.4, 0.5) is 0 Å². The van der Waals surface area contributed by atoms with Crippen molar-refractivity contribution in [2.75, 3.05) is 7.11 Å². The van der Waals surface area contributed by atoms with Gasteiger partial charge in [-0.15, -0.1) is 11.3 Å². The van der Waals surface area contributed by atoms with Crippen molar-refractivity contribution >= 4 is 27.5 Å². The summed E-state index contributed by atoms with van der Waals surface area (Å²) in [5.74, 6) is 0.601. The van der Waals surface area contributed by atoms with Crippen LogP contribution in [0, 0.1) is 0 Å². The van der Waals surface area contributed by atoms with Crippen molar-refractivity contribution < 1.29 is 9.53 Å². The van der Waals surface area contributed by atoms with E-state index in [1.165, 1.54) is 33.4 Å². The van der Waals surface area contributed by atoms with Crippen LogP contribution in [0.1, 0.15) is 30.0 Å². The number of hydrogen-bond acceptors (Lipinski definition) is 5. The van der Waals surface area contributed by atoms with E-state index >= 15 is 0 Å². The summed E-state index contributed by atoms with van der Waals surface area (Å²) in [6, 6.07) is 17.8. The van der Waals surface area contributed by atoms with Gasteiger partial charge in [-0.05, 0) is 66.3 Å². The van der Waals surface area contributed by atoms with E-state index in [-0.39, 0.29) is 24.1 Å². The molecule has 1 amide bonds. The number of ether oxygens (including phenoxy) is 1. The van der Waals surface area contributed by atoms with Crippen LogP contribution in [0.2, 0.25) is 0 Å². The Bertz CT molecular complexity index is 1340. The molecular weight excluding hydrogens is 422 g/mol. The quantitative estimate of drug-likeness (QED) is 0.496. The van der Waals surface area contributed by atoms with E-state index < -0.39 is 0 Å². The smallest absolute Gasteiger partial charge is 0.271 e. The maximum absolute atomic E-state index is 13.0. The van der Waals surface area contributed by atoms with E-state index in [0.29, 0.717) is 10.2 Å². The van der Waals surface area contributed by atoms with E-state index in [9.17, 15) is 9.59 Å². The van der Waals surface area contributed by atoms with E-state index in [0.717, 1.165) is 35.5 Å². The zero-order valence-electron chi connectivity index (χ0n) is 17.7. The molecule has 0 fully saturated rings. The third kappa shape index (κ3) is 3.91. The summed E-state index contributed by atoms with van der Waals surface area (Å²) in [6.45, 7) is -0.0454. The van der Waals surface area contributed by atoms with Crippen molar-refractivity contribution in [1.82, 2.24) is 14.9 Å². The van der Waals surface area contributed by atoms with E-state index in [4.69, 9.17) is 4.74 Å². The number of fused-ring (bicyclic) bond motifs is 2. The number of nitrogens with zero attached hydrogens (tertiary/aromatic N) is 2. The lowest BCUT2D eigenvalue weighted by atomic mass is 9.88. The lowest BCUT2D eigenvalue weighted by Crippen LogP contribution is -2.36. The minimum absolute atomic E-state index is 0.0109. The van der Waals surface area contributed by atoms with Gasteiger partial charge in [0.25, 0.3) is 5.56 Å². The minimum atomic E-state index is -0.195. The zero-order chi connectivity index (χ0) is 22.1. The van der Waals surface area contributed by atoms with Crippen molar-refractivity contribution in [2.45, 2.75) is 31.8 Å². The molecule has 1 atom stereocenters. The van der Waals surface area contributed by atoms with Crippen molar-refractivity contribution in [2.24, 2.45) is 0 Å². The molecule has 0 bridgehead atoms. The van der Waals surface area contributed by atoms with Gasteiger partial charge in [0.15, 0.2) is 0 Å². The number of carbonyl (C=O) groups is 1. The highest BCUT2D eigenvalue weighted by Crippen LogP contribution is 2.32. The summed E-state index contributed by atoms with van der Waals surface area (Å²) >= 11 is 1.39. The largest absolute Gasteiger partial charge is 0.497 e. The third-order valence-electron chi connectivity index (χ3n) is 5.90. The van der Waals surface area contributed by atoms with Crippen LogP contribution in [-0.4, -0.2) is 22.6 Å². The first-order chi connectivity index (χ1) is 15.6. The normalized spacial score (nSPS) is 15.3. The van der Waals surface area contributed by atoms with Gasteiger partial charge in [-0.2, -0.15) is 0 Å². The van der Waals surface area contributed by atoms with Crippen LogP contribution >= 0.6 is 11.3 Å². The predicted molar refractivity (Wildman–Crippen MR) is 126 cm³/mol. The summed E-state index contributed by atoms with van der Waals surface area (Å²) in [5.41, 5.74) is 3.90. The Hall–Kier alpha value is -3.45. The van der Waals surface area contributed by atoms with Crippen LogP contribution in [0.3, 0.4) is 0 Å². The molecule has 2 aromatic heterocycles. The van der Waals surface area contributed by atoms with Gasteiger partial charge >= 0.3 is 0 Å². The maximum Gasteiger partial charge on any atom is 0.271 e. The molecule has 1 aliphatic carbocycles. The van der Waals surface area contributed by atoms with Gasteiger partial charge in [-0.1, -0.05) is 24.3 Å². The van der Waals surface area contributed by atoms with E-state index in [2.05, 4.69) is 22.4 Å². The van der Waals surface area contributed by atoms with Gasteiger partial charge in [-0.3, -0.25) is 14.2 Å². The van der Waals surface area contributed by atoms with Crippen molar-refractivity contribution in [1.29, 1.82) is 0 Å². The fourth-order valence-electron chi connectivity index (χ4n) is 4.25. The molecule has 2 aromatic carbocycles. The van der Waals surface area contributed by atoms with Crippen molar-refractivity contribution in [3.05, 3.63) is 82.4 Å². The zero-order valence-corrected chi connectivity index (χ0v) is 18.5. The third-order valence-corrected chi connectivity index (χ3v) is 7.06. The van der Waals surface area contributed by atoms with Crippen molar-refractivity contribution in [3.8, 4) is 16.2 Å². The van der Waals surface area contributed by atoms with Gasteiger partial charge in [0, 0.05) is 4.88 Å². The summed E-state index contributed by atoms with van der Waals surface area (Å²) in [5, 5.41) is 3.11. The maximum atomic E-state index is 13.0. The number of aryl methyl sites for hydroxylation is 1. The second-order valence-electron chi connectivity index (χ2n) is 7.94. The lowest BCUT2D eigenvalue weighted by molar-refractivity contribution is -0.122. The summed E-state index contributed by atoms with van der Waals surface area (Å²) in [4.78, 5) is 31.2. The Labute approximate surface area is 189 Å². The monoisotopic (exact) mass is 445 g/mol. The molecule has 0 saturated carbocycles. The molecule has 1 aliphatic rings. The van der Waals surface area contributed by atoms with E-state index in [1.54, 1.807) is 7.11 Å². The topological polar surface area (TPSA) is 73.2 Å². The molecule has 6 nitrogen and oxygen atoms in total. The molecule has 1 N–H and O–H groups in total. The standard InChI is InChI=1S/C25H23N3O3S/c1-31-18-11-9-17(10-12-18)22-13-21-24(32-22)25(30)28(15-26-21)14-23(29)27-20-8-4-6-16-5-2-3-7-19(16)20/h2-3,5,7,9-13,15,20H,4,6,8,14H2,1H3,(H,27,29). The summed E-state index contributed by atoms with van der Waals surface area (Å²) < 4.78 is 7.15. The number of nitrogens with one attached hydrogen (secondary N) is 1. The van der Waals surface area contributed by atoms with Gasteiger partial charge in [0.1, 0.15) is 17.0 Å². The first-order valence-electron chi connectivity index (χ1n) is 10.6. The molecule has 0 radical (unpaired) electrons. The second-order valence-corrected chi connectivity index (χ2v) is 8.99. The number of hydrogen-bond donors (Lipinski definition) is 1. The Kier molecular flexibility index (Phi) is 5.49. The Balaban J connectivity index is 1.36. The van der Waals surface area contributed by atoms with Gasteiger partial charge in [0.05, 0.1) is 25.0 Å². The van der Waals surface area contributed by atoms with Crippen LogP contribution in [-0.2, 0) is 17.8 Å². The van der Waals surface area contributed by atoms with Gasteiger partial charge in [0.2, 0.25) is 5.91 Å². The average molecular weight is 446 g/mol. The molecule has 162 valence electrons. The molecular formula is C25H23N3O3S. The number of rotatable bonds is 5. The lowest BCUT2D eigenvalue weighted by Gasteiger charge is -2.26. The van der Waals surface area contributed by atoms with Gasteiger partial charge in [-0.25, -0.2) is 4.98 Å². The molecule has 1 unspecified atom stereocenters. The molecule has 7 heteroatoms. The molecule has 0 aliphatic heterocycles.